The van der Waals surface area contributed by atoms with E-state index in [1.165, 1.54) is 30.8 Å². The minimum absolute atomic E-state index is 0.163. The zero-order valence-corrected chi connectivity index (χ0v) is 17.4. The summed E-state index contributed by atoms with van der Waals surface area (Å²) in [4.78, 5) is 6.56. The molecule has 3 aliphatic carbocycles. The first-order valence-electron chi connectivity index (χ1n) is 11.3. The van der Waals surface area contributed by atoms with Crippen molar-refractivity contribution in [3.8, 4) is 17.0 Å². The van der Waals surface area contributed by atoms with Gasteiger partial charge in [-0.25, -0.2) is 4.98 Å². The second kappa shape index (κ2) is 6.17. The van der Waals surface area contributed by atoms with E-state index in [0.717, 1.165) is 32.6 Å². The van der Waals surface area contributed by atoms with Gasteiger partial charge in [0.1, 0.15) is 0 Å². The number of nitrogens with zero attached hydrogens (tertiary/aromatic N) is 4. The topological polar surface area (TPSA) is 78.4 Å². The quantitative estimate of drug-likeness (QED) is 0.759. The van der Waals surface area contributed by atoms with E-state index in [4.69, 9.17) is 15.6 Å². The van der Waals surface area contributed by atoms with E-state index in [1.54, 1.807) is 0 Å². The van der Waals surface area contributed by atoms with E-state index in [-0.39, 0.29) is 11.2 Å². The van der Waals surface area contributed by atoms with Crippen LogP contribution in [0.2, 0.25) is 0 Å². The number of fused-ring (bicyclic) bond motifs is 1. The van der Waals surface area contributed by atoms with E-state index in [1.807, 2.05) is 0 Å². The number of alkyl halides is 3. The molecule has 2 N–H and O–H groups in total. The van der Waals surface area contributed by atoms with Crippen LogP contribution >= 0.6 is 0 Å². The van der Waals surface area contributed by atoms with Crippen LogP contribution in [-0.4, -0.2) is 57.9 Å². The van der Waals surface area contributed by atoms with Crippen molar-refractivity contribution in [2.75, 3.05) is 25.5 Å². The Hall–Kier alpha value is -2.33. The molecule has 7 nitrogen and oxygen atoms in total. The molecule has 0 aromatic carbocycles. The summed E-state index contributed by atoms with van der Waals surface area (Å²) < 4.78 is 50.1. The van der Waals surface area contributed by atoms with Crippen LogP contribution < -0.4 is 10.5 Å². The highest BCUT2D eigenvalue weighted by atomic mass is 19.4. The maximum atomic E-state index is 12.8. The summed E-state index contributed by atoms with van der Waals surface area (Å²) in [5.74, 6) is 0.561. The van der Waals surface area contributed by atoms with Crippen LogP contribution in [0.5, 0.6) is 5.75 Å². The Morgan fingerprint density at radius 2 is 1.94 bits per heavy atom. The number of rotatable bonds is 5. The standard InChI is InChI=1S/C22H24F3N5O2/c23-22(24,25)32-16-5-11(7-27-20(16)26)15-6-17(30(28-15)12-3-1-2-4-12)21-14-8-29(13-9-31-10-13)19(21)18(14)21/h5-7,12-14,18-19H,1-4,8-10H2,(H2,26,27)/t14?,18?,19?,21-/m0/s1. The highest BCUT2D eigenvalue weighted by Gasteiger charge is 2.94. The van der Waals surface area contributed by atoms with Gasteiger partial charge < -0.3 is 15.2 Å². The van der Waals surface area contributed by atoms with Crippen LogP contribution in [0, 0.1) is 11.8 Å². The number of ether oxygens (including phenoxy) is 2. The highest BCUT2D eigenvalue weighted by Crippen LogP contribution is 2.86. The molecule has 4 atom stereocenters. The van der Waals surface area contributed by atoms with Crippen molar-refractivity contribution in [1.82, 2.24) is 19.7 Å². The predicted octanol–water partition coefficient (Wildman–Crippen LogP) is 3.12. The van der Waals surface area contributed by atoms with Crippen LogP contribution in [0.25, 0.3) is 11.3 Å². The van der Waals surface area contributed by atoms with Crippen molar-refractivity contribution < 1.29 is 22.6 Å². The third-order valence-corrected chi connectivity index (χ3v) is 8.32. The van der Waals surface area contributed by atoms with Gasteiger partial charge in [0.05, 0.1) is 31.0 Å². The molecule has 2 aromatic rings. The molecule has 3 saturated heterocycles. The largest absolute Gasteiger partial charge is 0.573 e. The van der Waals surface area contributed by atoms with Crippen molar-refractivity contribution in [3.05, 3.63) is 24.0 Å². The molecule has 8 rings (SSSR count). The maximum absolute atomic E-state index is 12.8. The Balaban J connectivity index is 1.26. The van der Waals surface area contributed by atoms with Crippen molar-refractivity contribution in [2.45, 2.75) is 55.6 Å². The molecule has 0 radical (unpaired) electrons. The SMILES string of the molecule is Nc1ncc(-c2cc([C@]34C5CN(C6COC6)C3C54)n(C3CCCC3)n2)cc1OC(F)(F)F. The lowest BCUT2D eigenvalue weighted by molar-refractivity contribution is -0.274. The Morgan fingerprint density at radius 1 is 1.16 bits per heavy atom. The van der Waals surface area contributed by atoms with Gasteiger partial charge in [-0.05, 0) is 36.8 Å². The molecule has 170 valence electrons. The molecule has 0 spiro atoms. The fourth-order valence-electron chi connectivity index (χ4n) is 6.73. The molecule has 0 amide bonds. The van der Waals surface area contributed by atoms with Gasteiger partial charge in [-0.2, -0.15) is 5.10 Å². The lowest BCUT2D eigenvalue weighted by Gasteiger charge is -2.34. The number of anilines is 1. The first-order chi connectivity index (χ1) is 15.4. The summed E-state index contributed by atoms with van der Waals surface area (Å²) in [6, 6.07) is 4.81. The van der Waals surface area contributed by atoms with E-state index in [0.29, 0.717) is 41.2 Å². The van der Waals surface area contributed by atoms with E-state index >= 15 is 0 Å². The molecule has 3 aliphatic heterocycles. The fourth-order valence-corrected chi connectivity index (χ4v) is 6.73. The predicted molar refractivity (Wildman–Crippen MR) is 108 cm³/mol. The minimum Gasteiger partial charge on any atom is -0.402 e. The summed E-state index contributed by atoms with van der Waals surface area (Å²) >= 11 is 0. The van der Waals surface area contributed by atoms with Gasteiger partial charge in [0, 0.05) is 35.5 Å². The molecule has 2 aromatic heterocycles. The normalized spacial score (nSPS) is 33.9. The second-order valence-corrected chi connectivity index (χ2v) is 9.85. The smallest absolute Gasteiger partial charge is 0.402 e. The van der Waals surface area contributed by atoms with E-state index in [2.05, 4.69) is 25.4 Å². The second-order valence-electron chi connectivity index (χ2n) is 9.85. The molecule has 2 bridgehead atoms. The summed E-state index contributed by atoms with van der Waals surface area (Å²) in [7, 11) is 0. The van der Waals surface area contributed by atoms with Crippen molar-refractivity contribution in [2.24, 2.45) is 11.8 Å². The van der Waals surface area contributed by atoms with Crippen LogP contribution in [0.4, 0.5) is 19.0 Å². The number of aromatic nitrogens is 3. The minimum atomic E-state index is -4.83. The van der Waals surface area contributed by atoms with E-state index in [9.17, 15) is 13.2 Å². The highest BCUT2D eigenvalue weighted by molar-refractivity contribution is 5.67. The summed E-state index contributed by atoms with van der Waals surface area (Å²) in [5, 5.41) is 4.92. The maximum Gasteiger partial charge on any atom is 0.573 e. The number of pyridine rings is 1. The van der Waals surface area contributed by atoms with Gasteiger partial charge in [0.25, 0.3) is 0 Å². The van der Waals surface area contributed by atoms with Gasteiger partial charge >= 0.3 is 6.36 Å². The Bertz CT molecular complexity index is 1090. The number of nitrogens with two attached hydrogens (primary N) is 1. The summed E-state index contributed by atoms with van der Waals surface area (Å²) in [5.41, 5.74) is 8.16. The van der Waals surface area contributed by atoms with Gasteiger partial charge in [-0.15, -0.1) is 13.2 Å². The van der Waals surface area contributed by atoms with Gasteiger partial charge in [-0.3, -0.25) is 9.58 Å². The average molecular weight is 447 g/mol. The average Bonchev–Trinajstić information content (AvgIpc) is 3.19. The summed E-state index contributed by atoms with van der Waals surface area (Å²) in [6.45, 7) is 2.75. The molecule has 6 fully saturated rings. The lowest BCUT2D eigenvalue weighted by atomic mass is 10.0. The molecular formula is C22H24F3N5O2. The molecule has 3 unspecified atom stereocenters. The summed E-state index contributed by atoms with van der Waals surface area (Å²) in [6.07, 6.45) is 1.19. The molecule has 3 saturated carbocycles. The molecule has 10 heteroatoms. The Kier molecular flexibility index (Phi) is 3.69. The van der Waals surface area contributed by atoms with E-state index < -0.39 is 12.1 Å². The number of nitrogen functional groups attached to an aromatic ring is 1. The third kappa shape index (κ3) is 2.50. The van der Waals surface area contributed by atoms with Crippen molar-refractivity contribution in [1.29, 1.82) is 0 Å². The third-order valence-electron chi connectivity index (χ3n) is 8.32. The van der Waals surface area contributed by atoms with Crippen LogP contribution in [0.3, 0.4) is 0 Å². The number of piperidine rings is 1. The van der Waals surface area contributed by atoms with Gasteiger partial charge in [0.15, 0.2) is 11.6 Å². The van der Waals surface area contributed by atoms with Gasteiger partial charge in [-0.1, -0.05) is 12.8 Å². The lowest BCUT2D eigenvalue weighted by Crippen LogP contribution is -2.48. The first-order valence-corrected chi connectivity index (χ1v) is 11.3. The zero-order chi connectivity index (χ0) is 21.8. The van der Waals surface area contributed by atoms with Crippen LogP contribution in [0.1, 0.15) is 37.4 Å². The first kappa shape index (κ1) is 19.2. The molecular weight excluding hydrogens is 423 g/mol. The van der Waals surface area contributed by atoms with Crippen molar-refractivity contribution >= 4 is 5.82 Å². The zero-order valence-electron chi connectivity index (χ0n) is 17.4. The fraction of sp³-hybridized carbons (Fsp3) is 0.636. The van der Waals surface area contributed by atoms with Crippen LogP contribution in [-0.2, 0) is 10.2 Å². The van der Waals surface area contributed by atoms with Crippen molar-refractivity contribution in [3.63, 3.8) is 0 Å². The Morgan fingerprint density at radius 3 is 2.59 bits per heavy atom. The number of hydrogen-bond acceptors (Lipinski definition) is 6. The monoisotopic (exact) mass is 447 g/mol. The van der Waals surface area contributed by atoms with Crippen LogP contribution in [0.15, 0.2) is 18.3 Å². The number of halogens is 3. The molecule has 6 aliphatic rings. The Labute approximate surface area is 182 Å². The molecule has 32 heavy (non-hydrogen) atoms. The molecule has 5 heterocycles. The van der Waals surface area contributed by atoms with Gasteiger partial charge in [0.2, 0.25) is 0 Å². The number of hydrogen-bond donors (Lipinski definition) is 1.